The van der Waals surface area contributed by atoms with Gasteiger partial charge in [-0.2, -0.15) is 0 Å². The molecule has 0 amide bonds. The smallest absolute Gasteiger partial charge is 0.159 e. The molecule has 5 heteroatoms. The lowest BCUT2D eigenvalue weighted by atomic mass is 9.91. The summed E-state index contributed by atoms with van der Waals surface area (Å²) in [6.45, 7) is 6.20. The first kappa shape index (κ1) is 22.2. The highest BCUT2D eigenvalue weighted by molar-refractivity contribution is 5.94. The maximum Gasteiger partial charge on any atom is 0.159 e. The van der Waals surface area contributed by atoms with Gasteiger partial charge in [0.2, 0.25) is 0 Å². The number of fused-ring (bicyclic) bond motifs is 1. The molecule has 2 heterocycles. The van der Waals surface area contributed by atoms with Crippen molar-refractivity contribution < 1.29 is 14.3 Å². The number of hydrogen-bond donors (Lipinski definition) is 1. The van der Waals surface area contributed by atoms with E-state index < -0.39 is 0 Å². The van der Waals surface area contributed by atoms with Crippen molar-refractivity contribution in [3.05, 3.63) is 64.8 Å². The second kappa shape index (κ2) is 9.32. The van der Waals surface area contributed by atoms with Crippen molar-refractivity contribution >= 4 is 16.7 Å². The number of aromatic nitrogens is 1. The summed E-state index contributed by atoms with van der Waals surface area (Å²) in [5.74, 6) is 1.75. The van der Waals surface area contributed by atoms with Crippen LogP contribution in [0.5, 0.6) is 5.75 Å². The molecule has 0 radical (unpaired) electrons. The lowest BCUT2D eigenvalue weighted by Crippen LogP contribution is -2.39. The number of piperidine rings is 1. The van der Waals surface area contributed by atoms with E-state index in [-0.39, 0.29) is 17.9 Å². The number of ether oxygens (including phenoxy) is 2. The monoisotopic (exact) mass is 446 g/mol. The second-order valence-corrected chi connectivity index (χ2v) is 9.45. The average molecular weight is 447 g/mol. The SMILES string of the molecule is CCO[C@H]1CCN(Cc2c(OC)cc(C3CC3)c3[nH]ccc23)[C@H](c2ccc(C(C)=O)cc2)C1. The number of nitrogens with zero attached hydrogens (tertiary/aromatic N) is 1. The second-order valence-electron chi connectivity index (χ2n) is 9.45. The fourth-order valence-corrected chi connectivity index (χ4v) is 5.40. The number of carbonyl (C=O) groups excluding carboxylic acids is 1. The summed E-state index contributed by atoms with van der Waals surface area (Å²) in [6, 6.07) is 12.8. The number of methoxy groups -OCH3 is 1. The molecule has 2 fully saturated rings. The third kappa shape index (κ3) is 4.44. The number of nitrogens with one attached hydrogen (secondary N) is 1. The zero-order valence-electron chi connectivity index (χ0n) is 19.9. The van der Waals surface area contributed by atoms with Gasteiger partial charge in [0.25, 0.3) is 0 Å². The largest absolute Gasteiger partial charge is 0.496 e. The van der Waals surface area contributed by atoms with E-state index in [1.807, 2.05) is 12.1 Å². The Bertz CT molecular complexity index is 1130. The van der Waals surface area contributed by atoms with Crippen molar-refractivity contribution in [2.45, 2.75) is 64.1 Å². The maximum atomic E-state index is 11.8. The van der Waals surface area contributed by atoms with Crippen molar-refractivity contribution in [2.75, 3.05) is 20.3 Å². The van der Waals surface area contributed by atoms with Crippen LogP contribution in [0.15, 0.2) is 42.6 Å². The predicted octanol–water partition coefficient (Wildman–Crippen LogP) is 6.00. The fourth-order valence-electron chi connectivity index (χ4n) is 5.40. The van der Waals surface area contributed by atoms with Crippen molar-refractivity contribution in [1.29, 1.82) is 0 Å². The summed E-state index contributed by atoms with van der Waals surface area (Å²) in [6.07, 6.45) is 6.81. The van der Waals surface area contributed by atoms with Crippen molar-refractivity contribution in [2.24, 2.45) is 0 Å². The molecule has 0 bridgehead atoms. The van der Waals surface area contributed by atoms with Gasteiger partial charge in [0.15, 0.2) is 5.78 Å². The van der Waals surface area contributed by atoms with E-state index in [4.69, 9.17) is 9.47 Å². The highest BCUT2D eigenvalue weighted by Crippen LogP contribution is 2.46. The summed E-state index contributed by atoms with van der Waals surface area (Å²) in [5, 5.41) is 1.27. The molecular weight excluding hydrogens is 412 g/mol. The standard InChI is InChI=1S/C28H34N2O3/c1-4-33-22-12-14-30(26(15-22)21-9-5-19(6-10-21)18(2)31)17-25-23-11-13-29-28(23)24(20-7-8-20)16-27(25)32-3/h5-6,9-11,13,16,20,22,26,29H,4,7-8,12,14-15,17H2,1-3H3/t22-,26-/m0/s1. The van der Waals surface area contributed by atoms with E-state index in [1.54, 1.807) is 14.0 Å². The molecule has 1 aromatic heterocycles. The predicted molar refractivity (Wildman–Crippen MR) is 131 cm³/mol. The summed E-state index contributed by atoms with van der Waals surface area (Å²) in [7, 11) is 1.79. The summed E-state index contributed by atoms with van der Waals surface area (Å²) < 4.78 is 12.0. The number of H-pyrrole nitrogens is 1. The minimum absolute atomic E-state index is 0.101. The van der Waals surface area contributed by atoms with Gasteiger partial charge >= 0.3 is 0 Å². The molecule has 3 aromatic rings. The number of likely N-dealkylation sites (tertiary alicyclic amines) is 1. The first-order chi connectivity index (χ1) is 16.1. The highest BCUT2D eigenvalue weighted by Gasteiger charge is 2.32. The molecule has 5 nitrogen and oxygen atoms in total. The Morgan fingerprint density at radius 1 is 1.15 bits per heavy atom. The molecular formula is C28H34N2O3. The van der Waals surface area contributed by atoms with E-state index in [0.717, 1.165) is 43.9 Å². The van der Waals surface area contributed by atoms with Gasteiger partial charge < -0.3 is 14.5 Å². The van der Waals surface area contributed by atoms with Crippen molar-refractivity contribution in [3.63, 3.8) is 0 Å². The molecule has 0 unspecified atom stereocenters. The summed E-state index contributed by atoms with van der Waals surface area (Å²) >= 11 is 0. The number of rotatable bonds is 8. The van der Waals surface area contributed by atoms with Crippen LogP contribution in [-0.2, 0) is 11.3 Å². The van der Waals surface area contributed by atoms with Gasteiger partial charge in [-0.1, -0.05) is 24.3 Å². The third-order valence-corrected chi connectivity index (χ3v) is 7.31. The van der Waals surface area contributed by atoms with Crippen LogP contribution in [0.2, 0.25) is 0 Å². The lowest BCUT2D eigenvalue weighted by molar-refractivity contribution is -0.0138. The van der Waals surface area contributed by atoms with Gasteiger partial charge in [-0.25, -0.2) is 0 Å². The van der Waals surface area contributed by atoms with Crippen molar-refractivity contribution in [3.8, 4) is 5.75 Å². The zero-order chi connectivity index (χ0) is 22.9. The molecule has 1 saturated carbocycles. The van der Waals surface area contributed by atoms with Crippen LogP contribution in [0.25, 0.3) is 10.9 Å². The van der Waals surface area contributed by atoms with Gasteiger partial charge in [0, 0.05) is 54.0 Å². The number of carbonyl (C=O) groups is 1. The van der Waals surface area contributed by atoms with Gasteiger partial charge in [0.1, 0.15) is 5.75 Å². The lowest BCUT2D eigenvalue weighted by Gasteiger charge is -2.40. The highest BCUT2D eigenvalue weighted by atomic mass is 16.5. The minimum Gasteiger partial charge on any atom is -0.496 e. The molecule has 2 atom stereocenters. The Labute approximate surface area is 196 Å². The van der Waals surface area contributed by atoms with Crippen LogP contribution in [0.3, 0.4) is 0 Å². The van der Waals surface area contributed by atoms with E-state index in [9.17, 15) is 4.79 Å². The molecule has 2 aromatic carbocycles. The van der Waals surface area contributed by atoms with Crippen LogP contribution in [0.1, 0.15) is 78.5 Å². The normalized spacial score (nSPS) is 21.4. The van der Waals surface area contributed by atoms with E-state index >= 15 is 0 Å². The van der Waals surface area contributed by atoms with Gasteiger partial charge in [-0.3, -0.25) is 9.69 Å². The number of Topliss-reactive ketones (excluding diaryl/α,β-unsaturated/α-hetero) is 1. The fraction of sp³-hybridized carbons (Fsp3) is 0.464. The van der Waals surface area contributed by atoms with Crippen LogP contribution in [0, 0.1) is 0 Å². The van der Waals surface area contributed by atoms with Crippen LogP contribution in [0.4, 0.5) is 0 Å². The minimum atomic E-state index is 0.101. The van der Waals surface area contributed by atoms with Crippen LogP contribution < -0.4 is 4.74 Å². The molecule has 0 spiro atoms. The molecule has 1 saturated heterocycles. The average Bonchev–Trinajstić information content (AvgIpc) is 3.56. The molecule has 2 aliphatic rings. The first-order valence-corrected chi connectivity index (χ1v) is 12.2. The van der Waals surface area contributed by atoms with Crippen LogP contribution >= 0.6 is 0 Å². The Morgan fingerprint density at radius 3 is 2.61 bits per heavy atom. The number of aromatic amines is 1. The molecule has 5 rings (SSSR count). The number of benzene rings is 2. The van der Waals surface area contributed by atoms with E-state index in [2.05, 4.69) is 47.3 Å². The Balaban J connectivity index is 1.49. The topological polar surface area (TPSA) is 54.6 Å². The number of ketones is 1. The van der Waals surface area contributed by atoms with E-state index in [1.165, 1.54) is 40.4 Å². The van der Waals surface area contributed by atoms with Gasteiger partial charge in [-0.05, 0) is 68.7 Å². The van der Waals surface area contributed by atoms with Gasteiger partial charge in [0.05, 0.1) is 13.2 Å². The molecule has 1 aliphatic heterocycles. The number of hydrogen-bond acceptors (Lipinski definition) is 4. The van der Waals surface area contributed by atoms with Crippen molar-refractivity contribution in [1.82, 2.24) is 9.88 Å². The van der Waals surface area contributed by atoms with Gasteiger partial charge in [-0.15, -0.1) is 0 Å². The molecule has 1 aliphatic carbocycles. The summed E-state index contributed by atoms with van der Waals surface area (Å²) in [5.41, 5.74) is 5.90. The summed E-state index contributed by atoms with van der Waals surface area (Å²) in [4.78, 5) is 17.8. The molecule has 1 N–H and O–H groups in total. The maximum absolute atomic E-state index is 11.8. The Hall–Kier alpha value is -2.63. The molecule has 33 heavy (non-hydrogen) atoms. The molecule has 174 valence electrons. The van der Waals surface area contributed by atoms with Crippen LogP contribution in [-0.4, -0.2) is 42.0 Å². The first-order valence-electron chi connectivity index (χ1n) is 12.2. The Kier molecular flexibility index (Phi) is 6.26. The Morgan fingerprint density at radius 2 is 1.94 bits per heavy atom. The third-order valence-electron chi connectivity index (χ3n) is 7.31. The quantitative estimate of drug-likeness (QED) is 0.431. The van der Waals surface area contributed by atoms with E-state index in [0.29, 0.717) is 5.92 Å². The zero-order valence-corrected chi connectivity index (χ0v) is 19.9.